The molecule has 0 saturated carbocycles. The van der Waals surface area contributed by atoms with Gasteiger partial charge in [-0.25, -0.2) is 12.7 Å². The average molecular weight is 558 g/mol. The van der Waals surface area contributed by atoms with Crippen molar-refractivity contribution in [2.75, 3.05) is 0 Å². The van der Waals surface area contributed by atoms with Crippen molar-refractivity contribution in [3.8, 4) is 0 Å². The first-order chi connectivity index (χ1) is 18.7. The van der Waals surface area contributed by atoms with Crippen LogP contribution in [0.3, 0.4) is 0 Å². The average Bonchev–Trinajstić information content (AvgIpc) is 3.25. The Morgan fingerprint density at radius 2 is 1.49 bits per heavy atom. The Hall–Kier alpha value is -3.74. The Balaban J connectivity index is 1.75. The second kappa shape index (κ2) is 10.8. The molecule has 39 heavy (non-hydrogen) atoms. The molecule has 0 radical (unpaired) electrons. The standard InChI is InChI=1S/C32H28ClNO4S/c1-3-26(22-9-5-4-6-10-22)29(31(35)23-15-17-24(33)18-16-23)30-27-11-7-8-12-28(27)32(36)34(30)39(37,38)25-19-13-21(2)14-20-25/h4-20,26,29-30H,3H2,1-2H3/t26-,29-,30-/m1/s1. The number of fused-ring (bicyclic) bond motifs is 1. The Morgan fingerprint density at radius 3 is 2.13 bits per heavy atom. The maximum Gasteiger partial charge on any atom is 0.268 e. The van der Waals surface area contributed by atoms with Gasteiger partial charge in [-0.05, 0) is 72.9 Å². The van der Waals surface area contributed by atoms with Crippen LogP contribution >= 0.6 is 11.6 Å². The molecule has 0 aliphatic carbocycles. The number of amides is 1. The summed E-state index contributed by atoms with van der Waals surface area (Å²) < 4.78 is 29.3. The fourth-order valence-corrected chi connectivity index (χ4v) is 7.19. The van der Waals surface area contributed by atoms with E-state index >= 15 is 0 Å². The molecule has 0 spiro atoms. The number of aryl methyl sites for hydroxylation is 1. The second-order valence-electron chi connectivity index (χ2n) is 9.77. The predicted molar refractivity (Wildman–Crippen MR) is 152 cm³/mol. The third kappa shape index (κ3) is 4.90. The van der Waals surface area contributed by atoms with Crippen molar-refractivity contribution >= 4 is 33.3 Å². The van der Waals surface area contributed by atoms with Gasteiger partial charge in [-0.1, -0.05) is 84.8 Å². The summed E-state index contributed by atoms with van der Waals surface area (Å²) in [6.45, 7) is 3.84. The molecule has 5 rings (SSSR count). The predicted octanol–water partition coefficient (Wildman–Crippen LogP) is 7.23. The van der Waals surface area contributed by atoms with E-state index in [4.69, 9.17) is 11.6 Å². The Bertz CT molecular complexity index is 1620. The molecule has 1 aliphatic heterocycles. The van der Waals surface area contributed by atoms with E-state index < -0.39 is 27.9 Å². The number of benzene rings is 4. The lowest BCUT2D eigenvalue weighted by Gasteiger charge is -2.35. The van der Waals surface area contributed by atoms with E-state index in [9.17, 15) is 18.0 Å². The lowest BCUT2D eigenvalue weighted by Crippen LogP contribution is -2.42. The lowest BCUT2D eigenvalue weighted by atomic mass is 9.74. The van der Waals surface area contributed by atoms with E-state index in [0.717, 1.165) is 15.4 Å². The number of hydrogen-bond donors (Lipinski definition) is 0. The van der Waals surface area contributed by atoms with Crippen LogP contribution in [0.15, 0.2) is 108 Å². The number of nitrogens with zero attached hydrogens (tertiary/aromatic N) is 1. The smallest absolute Gasteiger partial charge is 0.268 e. The Morgan fingerprint density at radius 1 is 0.872 bits per heavy atom. The fraction of sp³-hybridized carbons (Fsp3) is 0.188. The van der Waals surface area contributed by atoms with E-state index in [-0.39, 0.29) is 22.2 Å². The van der Waals surface area contributed by atoms with Crippen LogP contribution in [-0.2, 0) is 10.0 Å². The van der Waals surface area contributed by atoms with E-state index in [1.165, 1.54) is 12.1 Å². The van der Waals surface area contributed by atoms with Crippen molar-refractivity contribution < 1.29 is 18.0 Å². The first kappa shape index (κ1) is 26.9. The first-order valence-corrected chi connectivity index (χ1v) is 14.6. The van der Waals surface area contributed by atoms with Gasteiger partial charge in [0.05, 0.1) is 16.9 Å². The second-order valence-corrected chi connectivity index (χ2v) is 12.0. The molecule has 0 N–H and O–H groups in total. The van der Waals surface area contributed by atoms with Gasteiger partial charge >= 0.3 is 0 Å². The molecule has 4 aromatic carbocycles. The van der Waals surface area contributed by atoms with Gasteiger partial charge in [-0.3, -0.25) is 9.59 Å². The highest BCUT2D eigenvalue weighted by Gasteiger charge is 2.51. The van der Waals surface area contributed by atoms with Crippen LogP contribution in [0.1, 0.15) is 62.7 Å². The summed E-state index contributed by atoms with van der Waals surface area (Å²) in [5, 5.41) is 0.489. The lowest BCUT2D eigenvalue weighted by molar-refractivity contribution is 0.0743. The Labute approximate surface area is 234 Å². The molecule has 0 bridgehead atoms. The third-order valence-corrected chi connectivity index (χ3v) is 9.44. The van der Waals surface area contributed by atoms with Crippen molar-refractivity contribution in [1.29, 1.82) is 0 Å². The van der Waals surface area contributed by atoms with Crippen LogP contribution in [0.4, 0.5) is 0 Å². The quantitative estimate of drug-likeness (QED) is 0.214. The largest absolute Gasteiger partial charge is 0.294 e. The van der Waals surface area contributed by atoms with Gasteiger partial charge in [-0.2, -0.15) is 0 Å². The number of ketones is 1. The number of carbonyl (C=O) groups is 2. The van der Waals surface area contributed by atoms with Crippen molar-refractivity contribution in [3.05, 3.63) is 136 Å². The van der Waals surface area contributed by atoms with Crippen molar-refractivity contribution in [2.24, 2.45) is 5.92 Å². The summed E-state index contributed by atoms with van der Waals surface area (Å²) in [7, 11) is -4.30. The van der Waals surface area contributed by atoms with Crippen molar-refractivity contribution in [2.45, 2.75) is 37.1 Å². The van der Waals surface area contributed by atoms with E-state index in [2.05, 4.69) is 0 Å². The molecule has 7 heteroatoms. The molecule has 1 heterocycles. The first-order valence-electron chi connectivity index (χ1n) is 12.8. The van der Waals surface area contributed by atoms with Crippen LogP contribution in [0.5, 0.6) is 0 Å². The van der Waals surface area contributed by atoms with E-state index in [1.54, 1.807) is 60.7 Å². The van der Waals surface area contributed by atoms with Crippen LogP contribution in [-0.4, -0.2) is 24.4 Å². The zero-order valence-electron chi connectivity index (χ0n) is 21.6. The number of carbonyl (C=O) groups excluding carboxylic acids is 2. The molecule has 5 nitrogen and oxygen atoms in total. The molecule has 1 amide bonds. The normalized spacial score (nSPS) is 16.5. The van der Waals surface area contributed by atoms with Crippen molar-refractivity contribution in [3.63, 3.8) is 0 Å². The van der Waals surface area contributed by atoms with Crippen LogP contribution in [0.2, 0.25) is 5.02 Å². The summed E-state index contributed by atoms with van der Waals surface area (Å²) in [5.74, 6) is -2.13. The zero-order chi connectivity index (χ0) is 27.7. The molecular weight excluding hydrogens is 530 g/mol. The van der Waals surface area contributed by atoms with Gasteiger partial charge in [-0.15, -0.1) is 0 Å². The molecule has 1 aliphatic rings. The number of rotatable bonds is 8. The van der Waals surface area contributed by atoms with Gasteiger partial charge in [0.15, 0.2) is 5.78 Å². The highest BCUT2D eigenvalue weighted by Crippen LogP contribution is 2.48. The molecule has 0 aromatic heterocycles. The number of hydrogen-bond acceptors (Lipinski definition) is 4. The molecule has 0 saturated heterocycles. The number of halogens is 1. The molecule has 4 aromatic rings. The number of sulfonamides is 1. The highest BCUT2D eigenvalue weighted by atomic mass is 35.5. The molecule has 198 valence electrons. The molecule has 3 atom stereocenters. The maximum absolute atomic E-state index is 14.4. The molecule has 0 fully saturated rings. The summed E-state index contributed by atoms with van der Waals surface area (Å²) in [4.78, 5) is 28.3. The SMILES string of the molecule is CC[C@H](c1ccccc1)[C@@H](C(=O)c1ccc(Cl)cc1)[C@H]1c2ccccc2C(=O)N1S(=O)(=O)c1ccc(C)cc1. The zero-order valence-corrected chi connectivity index (χ0v) is 23.2. The summed E-state index contributed by atoms with van der Waals surface area (Å²) in [6.07, 6.45) is 0.555. The van der Waals surface area contributed by atoms with E-state index in [0.29, 0.717) is 22.6 Å². The minimum Gasteiger partial charge on any atom is -0.294 e. The van der Waals surface area contributed by atoms with Gasteiger partial charge in [0.1, 0.15) is 0 Å². The van der Waals surface area contributed by atoms with Crippen LogP contribution in [0.25, 0.3) is 0 Å². The highest BCUT2D eigenvalue weighted by molar-refractivity contribution is 7.89. The van der Waals surface area contributed by atoms with Gasteiger partial charge in [0.2, 0.25) is 0 Å². The van der Waals surface area contributed by atoms with Gasteiger partial charge in [0.25, 0.3) is 15.9 Å². The minimum absolute atomic E-state index is 0.00436. The van der Waals surface area contributed by atoms with E-state index in [1.807, 2.05) is 44.2 Å². The van der Waals surface area contributed by atoms with Gasteiger partial charge < -0.3 is 0 Å². The fourth-order valence-electron chi connectivity index (χ4n) is 5.49. The summed E-state index contributed by atoms with van der Waals surface area (Å²) in [5.41, 5.74) is 3.02. The summed E-state index contributed by atoms with van der Waals surface area (Å²) >= 11 is 6.11. The van der Waals surface area contributed by atoms with Crippen LogP contribution < -0.4 is 0 Å². The number of Topliss-reactive ketones (excluding diaryl/α,β-unsaturated/α-hetero) is 1. The summed E-state index contributed by atoms with van der Waals surface area (Å²) in [6, 6.07) is 28.4. The van der Waals surface area contributed by atoms with Crippen LogP contribution in [0, 0.1) is 12.8 Å². The van der Waals surface area contributed by atoms with Gasteiger partial charge in [0, 0.05) is 16.1 Å². The molecular formula is C32H28ClNO4S. The maximum atomic E-state index is 14.4. The van der Waals surface area contributed by atoms with Crippen molar-refractivity contribution in [1.82, 2.24) is 4.31 Å². The minimum atomic E-state index is -4.30. The molecule has 0 unspecified atom stereocenters. The topological polar surface area (TPSA) is 71.5 Å². The third-order valence-electron chi connectivity index (χ3n) is 7.41. The monoisotopic (exact) mass is 557 g/mol. The Kier molecular flexibility index (Phi) is 7.43.